The van der Waals surface area contributed by atoms with Crippen LogP contribution in [0.3, 0.4) is 0 Å². The molecule has 0 atom stereocenters. The summed E-state index contributed by atoms with van der Waals surface area (Å²) < 4.78 is 1.74. The summed E-state index contributed by atoms with van der Waals surface area (Å²) in [4.78, 5) is 14.1. The van der Waals surface area contributed by atoms with E-state index in [2.05, 4.69) is 20.6 Å². The van der Waals surface area contributed by atoms with E-state index in [1.54, 1.807) is 4.68 Å². The van der Waals surface area contributed by atoms with Gasteiger partial charge in [-0.3, -0.25) is 14.4 Å². The number of carbonyl (C=O) groups is 1. The first-order valence-corrected chi connectivity index (χ1v) is 6.44. The Labute approximate surface area is 107 Å². The van der Waals surface area contributed by atoms with Gasteiger partial charge < -0.3 is 10.6 Å². The highest BCUT2D eigenvalue weighted by atomic mass is 16.2. The Kier molecular flexibility index (Phi) is 4.33. The maximum Gasteiger partial charge on any atom is 0.238 e. The van der Waals surface area contributed by atoms with Gasteiger partial charge in [-0.2, -0.15) is 5.10 Å². The second kappa shape index (κ2) is 5.97. The third kappa shape index (κ3) is 3.30. The molecule has 6 nitrogen and oxygen atoms in total. The van der Waals surface area contributed by atoms with Crippen molar-refractivity contribution < 1.29 is 4.79 Å². The number of rotatable bonds is 4. The molecule has 1 fully saturated rings. The van der Waals surface area contributed by atoms with Crippen molar-refractivity contribution in [3.63, 3.8) is 0 Å². The first-order valence-electron chi connectivity index (χ1n) is 6.44. The van der Waals surface area contributed by atoms with Crippen LogP contribution < -0.4 is 10.6 Å². The van der Waals surface area contributed by atoms with Crippen molar-refractivity contribution in [3.8, 4) is 0 Å². The summed E-state index contributed by atoms with van der Waals surface area (Å²) >= 11 is 0. The van der Waals surface area contributed by atoms with Crippen LogP contribution in [0.4, 0.5) is 5.69 Å². The van der Waals surface area contributed by atoms with Crippen LogP contribution in [0.15, 0.2) is 6.20 Å². The minimum absolute atomic E-state index is 0.0413. The van der Waals surface area contributed by atoms with Crippen LogP contribution in [-0.2, 0) is 18.3 Å². The van der Waals surface area contributed by atoms with Crippen molar-refractivity contribution in [1.29, 1.82) is 0 Å². The Hall–Kier alpha value is -1.40. The predicted molar refractivity (Wildman–Crippen MR) is 70.5 cm³/mol. The molecule has 2 rings (SSSR count). The molecule has 0 aliphatic carbocycles. The number of carbonyl (C=O) groups excluding carboxylic acids is 1. The molecule has 1 aliphatic rings. The van der Waals surface area contributed by atoms with E-state index in [0.717, 1.165) is 44.0 Å². The fraction of sp³-hybridized carbons (Fsp3) is 0.667. The number of anilines is 1. The van der Waals surface area contributed by atoms with Crippen molar-refractivity contribution in [3.05, 3.63) is 11.9 Å². The van der Waals surface area contributed by atoms with Gasteiger partial charge in [0.1, 0.15) is 0 Å². The molecule has 0 radical (unpaired) electrons. The minimum atomic E-state index is 0.0413. The van der Waals surface area contributed by atoms with Gasteiger partial charge in [-0.25, -0.2) is 0 Å². The molecule has 1 saturated heterocycles. The lowest BCUT2D eigenvalue weighted by Crippen LogP contribution is -2.46. The van der Waals surface area contributed by atoms with E-state index >= 15 is 0 Å². The smallest absolute Gasteiger partial charge is 0.238 e. The summed E-state index contributed by atoms with van der Waals surface area (Å²) in [7, 11) is 1.87. The van der Waals surface area contributed by atoms with Crippen molar-refractivity contribution >= 4 is 11.6 Å². The Morgan fingerprint density at radius 2 is 2.22 bits per heavy atom. The van der Waals surface area contributed by atoms with Gasteiger partial charge in [0, 0.05) is 39.4 Å². The Morgan fingerprint density at radius 1 is 1.50 bits per heavy atom. The summed E-state index contributed by atoms with van der Waals surface area (Å²) in [6, 6.07) is 0. The molecule has 1 aromatic rings. The molecule has 0 spiro atoms. The molecule has 0 saturated carbocycles. The molecule has 2 heterocycles. The first kappa shape index (κ1) is 13.0. The highest BCUT2D eigenvalue weighted by Gasteiger charge is 2.15. The topological polar surface area (TPSA) is 62.2 Å². The van der Waals surface area contributed by atoms with Gasteiger partial charge in [0.25, 0.3) is 0 Å². The molecular formula is C12H21N5O. The van der Waals surface area contributed by atoms with Crippen LogP contribution in [0.2, 0.25) is 0 Å². The molecule has 0 aromatic carbocycles. The Bertz CT molecular complexity index is 409. The van der Waals surface area contributed by atoms with Crippen LogP contribution in [0.25, 0.3) is 0 Å². The molecule has 0 bridgehead atoms. The average molecular weight is 251 g/mol. The van der Waals surface area contributed by atoms with Gasteiger partial charge in [0.2, 0.25) is 5.91 Å². The lowest BCUT2D eigenvalue weighted by atomic mass is 10.3. The zero-order valence-electron chi connectivity index (χ0n) is 11.1. The van der Waals surface area contributed by atoms with E-state index in [1.165, 1.54) is 0 Å². The molecule has 0 unspecified atom stereocenters. The monoisotopic (exact) mass is 251 g/mol. The van der Waals surface area contributed by atoms with Gasteiger partial charge in [-0.1, -0.05) is 6.92 Å². The summed E-state index contributed by atoms with van der Waals surface area (Å²) in [6.07, 6.45) is 2.68. The number of amides is 1. The van der Waals surface area contributed by atoms with Crippen LogP contribution in [0.5, 0.6) is 0 Å². The van der Waals surface area contributed by atoms with Gasteiger partial charge in [-0.15, -0.1) is 0 Å². The number of nitrogens with zero attached hydrogens (tertiary/aromatic N) is 3. The predicted octanol–water partition coefficient (Wildman–Crippen LogP) is -0.174. The highest BCUT2D eigenvalue weighted by Crippen LogP contribution is 2.13. The minimum Gasteiger partial charge on any atom is -0.322 e. The first-order chi connectivity index (χ1) is 8.69. The normalized spacial score (nSPS) is 16.8. The average Bonchev–Trinajstić information content (AvgIpc) is 2.70. The van der Waals surface area contributed by atoms with E-state index in [1.807, 2.05) is 20.2 Å². The van der Waals surface area contributed by atoms with Crippen LogP contribution in [-0.4, -0.2) is 53.3 Å². The van der Waals surface area contributed by atoms with Gasteiger partial charge >= 0.3 is 0 Å². The van der Waals surface area contributed by atoms with E-state index in [4.69, 9.17) is 0 Å². The molecule has 100 valence electrons. The molecule has 18 heavy (non-hydrogen) atoms. The van der Waals surface area contributed by atoms with Gasteiger partial charge in [0.05, 0.1) is 17.9 Å². The highest BCUT2D eigenvalue weighted by molar-refractivity contribution is 5.92. The summed E-state index contributed by atoms with van der Waals surface area (Å²) in [5, 5.41) is 10.5. The van der Waals surface area contributed by atoms with Gasteiger partial charge in [0.15, 0.2) is 0 Å². The quantitative estimate of drug-likeness (QED) is 0.780. The SMILES string of the molecule is CCc1nn(C)cc1NC(=O)CN1CCNCC1. The fourth-order valence-corrected chi connectivity index (χ4v) is 2.16. The van der Waals surface area contributed by atoms with Crippen molar-refractivity contribution in [2.24, 2.45) is 7.05 Å². The molecule has 6 heteroatoms. The van der Waals surface area contributed by atoms with Crippen molar-refractivity contribution in [2.75, 3.05) is 38.0 Å². The molecule has 1 aromatic heterocycles. The Morgan fingerprint density at radius 3 is 2.89 bits per heavy atom. The summed E-state index contributed by atoms with van der Waals surface area (Å²) in [5.74, 6) is 0.0413. The van der Waals surface area contributed by atoms with Crippen LogP contribution in [0.1, 0.15) is 12.6 Å². The van der Waals surface area contributed by atoms with E-state index < -0.39 is 0 Å². The van der Waals surface area contributed by atoms with Crippen LogP contribution in [0, 0.1) is 0 Å². The second-order valence-corrected chi connectivity index (χ2v) is 4.59. The third-order valence-corrected chi connectivity index (χ3v) is 3.09. The second-order valence-electron chi connectivity index (χ2n) is 4.59. The van der Waals surface area contributed by atoms with E-state index in [0.29, 0.717) is 6.54 Å². The van der Waals surface area contributed by atoms with Crippen LogP contribution >= 0.6 is 0 Å². The summed E-state index contributed by atoms with van der Waals surface area (Å²) in [5.41, 5.74) is 1.77. The fourth-order valence-electron chi connectivity index (χ4n) is 2.16. The molecule has 1 amide bonds. The molecule has 1 aliphatic heterocycles. The van der Waals surface area contributed by atoms with E-state index in [-0.39, 0.29) is 5.91 Å². The van der Waals surface area contributed by atoms with E-state index in [9.17, 15) is 4.79 Å². The number of nitrogens with one attached hydrogen (secondary N) is 2. The molecular weight excluding hydrogens is 230 g/mol. The maximum absolute atomic E-state index is 11.9. The lowest BCUT2D eigenvalue weighted by Gasteiger charge is -2.26. The number of aromatic nitrogens is 2. The number of aryl methyl sites for hydroxylation is 2. The zero-order valence-corrected chi connectivity index (χ0v) is 11.1. The maximum atomic E-state index is 11.9. The number of hydrogen-bond acceptors (Lipinski definition) is 4. The van der Waals surface area contributed by atoms with Crippen molar-refractivity contribution in [1.82, 2.24) is 20.0 Å². The molecule has 2 N–H and O–H groups in total. The van der Waals surface area contributed by atoms with Gasteiger partial charge in [-0.05, 0) is 6.42 Å². The zero-order chi connectivity index (χ0) is 13.0. The standard InChI is InChI=1S/C12H21N5O/c1-3-10-11(8-16(2)15-10)14-12(18)9-17-6-4-13-5-7-17/h8,13H,3-7,9H2,1-2H3,(H,14,18). The number of hydrogen-bond donors (Lipinski definition) is 2. The Balaban J connectivity index is 1.89. The summed E-state index contributed by atoms with van der Waals surface area (Å²) in [6.45, 7) is 6.27. The lowest BCUT2D eigenvalue weighted by molar-refractivity contribution is -0.117. The van der Waals surface area contributed by atoms with Crippen molar-refractivity contribution in [2.45, 2.75) is 13.3 Å². The third-order valence-electron chi connectivity index (χ3n) is 3.09. The largest absolute Gasteiger partial charge is 0.322 e. The number of piperazine rings is 1.